The van der Waals surface area contributed by atoms with Crippen LogP contribution in [0.25, 0.3) is 0 Å². The summed E-state index contributed by atoms with van der Waals surface area (Å²) in [5.74, 6) is 1.46. The van der Waals surface area contributed by atoms with E-state index in [1.165, 1.54) is 12.1 Å². The fourth-order valence-corrected chi connectivity index (χ4v) is 4.63. The minimum absolute atomic E-state index is 0.0818. The number of primary sulfonamides is 1. The molecule has 0 radical (unpaired) electrons. The summed E-state index contributed by atoms with van der Waals surface area (Å²) in [6.45, 7) is 11.9. The van der Waals surface area contributed by atoms with Crippen LogP contribution in [-0.4, -0.2) is 112 Å². The number of hydrogen-bond donors (Lipinski definition) is 6. The fraction of sp³-hybridized carbons (Fsp3) is 0.591. The van der Waals surface area contributed by atoms with E-state index in [0.29, 0.717) is 24.4 Å². The average molecular weight is 520 g/mol. The molecule has 2 aromatic rings. The molecule has 0 aliphatic carbocycles. The summed E-state index contributed by atoms with van der Waals surface area (Å²) in [4.78, 5) is 18.5. The Hall–Kier alpha value is -2.62. The molecule has 3 heterocycles. The van der Waals surface area contributed by atoms with E-state index in [-0.39, 0.29) is 4.90 Å². The van der Waals surface area contributed by atoms with E-state index in [1.54, 1.807) is 12.1 Å². The third kappa shape index (κ3) is 8.50. The molecular formula is C22H37N11O2S. The van der Waals surface area contributed by atoms with Gasteiger partial charge >= 0.3 is 0 Å². The van der Waals surface area contributed by atoms with Crippen LogP contribution < -0.4 is 31.7 Å². The number of hydrogen-bond acceptors (Lipinski definition) is 12. The van der Waals surface area contributed by atoms with Crippen molar-refractivity contribution in [1.82, 2.24) is 35.4 Å². The van der Waals surface area contributed by atoms with Crippen molar-refractivity contribution in [3.8, 4) is 0 Å². The molecule has 0 bridgehead atoms. The van der Waals surface area contributed by atoms with Gasteiger partial charge in [-0.2, -0.15) is 15.0 Å². The standard InChI is InChI=1S/C22H37N11O2S/c23-36(34,35)19-3-1-18(2-4-19)17-28-22-30-20(26-9-15-32-11-5-24-6-12-32)29-21(31-22)27-10-16-33-13-7-25-8-14-33/h1-4,24-25H,5-17H2,(H2,23,34,35)(H3,26,27,28,29,30,31). The van der Waals surface area contributed by atoms with E-state index in [0.717, 1.165) is 84.1 Å². The van der Waals surface area contributed by atoms with Gasteiger partial charge < -0.3 is 26.6 Å². The Kier molecular flexibility index (Phi) is 9.60. The number of nitrogens with zero attached hydrogens (tertiary/aromatic N) is 5. The molecule has 0 amide bonds. The van der Waals surface area contributed by atoms with Crippen LogP contribution in [0, 0.1) is 0 Å². The molecule has 36 heavy (non-hydrogen) atoms. The first kappa shape index (κ1) is 26.4. The summed E-state index contributed by atoms with van der Waals surface area (Å²) in [5.41, 5.74) is 0.879. The zero-order valence-corrected chi connectivity index (χ0v) is 21.4. The van der Waals surface area contributed by atoms with Gasteiger partial charge in [0, 0.05) is 85.1 Å². The molecule has 14 heteroatoms. The highest BCUT2D eigenvalue weighted by Crippen LogP contribution is 2.13. The molecule has 0 saturated carbocycles. The summed E-state index contributed by atoms with van der Waals surface area (Å²) in [6.07, 6.45) is 0. The molecule has 13 nitrogen and oxygen atoms in total. The number of benzene rings is 1. The van der Waals surface area contributed by atoms with Crippen LogP contribution in [-0.2, 0) is 16.6 Å². The van der Waals surface area contributed by atoms with Gasteiger partial charge in [0.05, 0.1) is 4.90 Å². The first-order valence-corrected chi connectivity index (χ1v) is 14.0. The highest BCUT2D eigenvalue weighted by Gasteiger charge is 2.12. The molecule has 2 aliphatic heterocycles. The summed E-state index contributed by atoms with van der Waals surface area (Å²) in [6, 6.07) is 6.42. The first-order valence-electron chi connectivity index (χ1n) is 12.4. The van der Waals surface area contributed by atoms with Gasteiger partial charge in [0.1, 0.15) is 0 Å². The van der Waals surface area contributed by atoms with Gasteiger partial charge in [-0.1, -0.05) is 12.1 Å². The highest BCUT2D eigenvalue weighted by molar-refractivity contribution is 7.89. The molecule has 0 unspecified atom stereocenters. The van der Waals surface area contributed by atoms with Gasteiger partial charge in [-0.15, -0.1) is 0 Å². The Morgan fingerprint density at radius 1 is 0.750 bits per heavy atom. The van der Waals surface area contributed by atoms with Crippen LogP contribution in [0.2, 0.25) is 0 Å². The molecule has 1 aromatic heterocycles. The van der Waals surface area contributed by atoms with Crippen LogP contribution >= 0.6 is 0 Å². The smallest absolute Gasteiger partial charge is 0.238 e. The van der Waals surface area contributed by atoms with E-state index < -0.39 is 10.0 Å². The molecule has 2 saturated heterocycles. The van der Waals surface area contributed by atoms with E-state index in [4.69, 9.17) is 5.14 Å². The molecule has 2 fully saturated rings. The predicted molar refractivity (Wildman–Crippen MR) is 141 cm³/mol. The Balaban J connectivity index is 1.36. The normalized spacial score (nSPS) is 17.6. The monoisotopic (exact) mass is 519 g/mol. The predicted octanol–water partition coefficient (Wildman–Crippen LogP) is -1.23. The molecule has 7 N–H and O–H groups in total. The van der Waals surface area contributed by atoms with Gasteiger partial charge in [-0.05, 0) is 17.7 Å². The van der Waals surface area contributed by atoms with Crippen molar-refractivity contribution in [2.24, 2.45) is 5.14 Å². The molecule has 4 rings (SSSR count). The minimum atomic E-state index is -3.72. The average Bonchev–Trinajstić information content (AvgIpc) is 2.88. The molecule has 0 spiro atoms. The molecule has 2 aliphatic rings. The maximum absolute atomic E-state index is 11.5. The quantitative estimate of drug-likeness (QED) is 0.198. The van der Waals surface area contributed by atoms with Crippen molar-refractivity contribution in [2.75, 3.05) is 94.5 Å². The Labute approximate surface area is 212 Å². The lowest BCUT2D eigenvalue weighted by atomic mass is 10.2. The van der Waals surface area contributed by atoms with Gasteiger partial charge in [0.25, 0.3) is 0 Å². The topological polar surface area (TPSA) is 165 Å². The Morgan fingerprint density at radius 3 is 1.64 bits per heavy atom. The zero-order chi connectivity index (χ0) is 25.2. The third-order valence-corrected chi connectivity index (χ3v) is 7.11. The summed E-state index contributed by atoms with van der Waals surface area (Å²) < 4.78 is 23.0. The van der Waals surface area contributed by atoms with Gasteiger partial charge in [0.15, 0.2) is 0 Å². The minimum Gasteiger partial charge on any atom is -0.353 e. The number of sulfonamides is 1. The van der Waals surface area contributed by atoms with Crippen LogP contribution in [0.4, 0.5) is 17.8 Å². The lowest BCUT2D eigenvalue weighted by Crippen LogP contribution is -2.45. The molecular weight excluding hydrogens is 482 g/mol. The van der Waals surface area contributed by atoms with Crippen molar-refractivity contribution in [3.63, 3.8) is 0 Å². The Morgan fingerprint density at radius 2 is 1.19 bits per heavy atom. The fourth-order valence-electron chi connectivity index (χ4n) is 4.11. The maximum atomic E-state index is 11.5. The number of rotatable bonds is 12. The van der Waals surface area contributed by atoms with Crippen molar-refractivity contribution in [2.45, 2.75) is 11.4 Å². The molecule has 1 aromatic carbocycles. The number of piperazine rings is 2. The van der Waals surface area contributed by atoms with E-state index in [1.807, 2.05) is 0 Å². The van der Waals surface area contributed by atoms with Crippen LogP contribution in [0.3, 0.4) is 0 Å². The second-order valence-corrected chi connectivity index (χ2v) is 10.4. The van der Waals surface area contributed by atoms with Gasteiger partial charge in [-0.25, -0.2) is 13.6 Å². The second kappa shape index (κ2) is 13.1. The van der Waals surface area contributed by atoms with Crippen molar-refractivity contribution in [3.05, 3.63) is 29.8 Å². The van der Waals surface area contributed by atoms with Crippen molar-refractivity contribution in [1.29, 1.82) is 0 Å². The lowest BCUT2D eigenvalue weighted by molar-refractivity contribution is 0.249. The van der Waals surface area contributed by atoms with Crippen LogP contribution in [0.5, 0.6) is 0 Å². The molecule has 0 atom stereocenters. The van der Waals surface area contributed by atoms with E-state index in [9.17, 15) is 8.42 Å². The van der Waals surface area contributed by atoms with Crippen LogP contribution in [0.1, 0.15) is 5.56 Å². The van der Waals surface area contributed by atoms with Crippen molar-refractivity contribution >= 4 is 27.9 Å². The largest absolute Gasteiger partial charge is 0.353 e. The maximum Gasteiger partial charge on any atom is 0.238 e. The van der Waals surface area contributed by atoms with E-state index in [2.05, 4.69) is 51.3 Å². The summed E-state index contributed by atoms with van der Waals surface area (Å²) in [5, 5.41) is 21.8. The van der Waals surface area contributed by atoms with E-state index >= 15 is 0 Å². The Bertz CT molecular complexity index is 1010. The van der Waals surface area contributed by atoms with Crippen molar-refractivity contribution < 1.29 is 8.42 Å². The first-order chi connectivity index (χ1) is 17.5. The molecule has 198 valence electrons. The van der Waals surface area contributed by atoms with Gasteiger partial charge in [0.2, 0.25) is 27.9 Å². The number of nitrogens with two attached hydrogens (primary N) is 1. The lowest BCUT2D eigenvalue weighted by Gasteiger charge is -2.27. The summed E-state index contributed by atoms with van der Waals surface area (Å²) >= 11 is 0. The number of aromatic nitrogens is 3. The second-order valence-electron chi connectivity index (χ2n) is 8.89. The summed E-state index contributed by atoms with van der Waals surface area (Å²) in [7, 11) is -3.72. The third-order valence-electron chi connectivity index (χ3n) is 6.18. The zero-order valence-electron chi connectivity index (χ0n) is 20.5. The number of anilines is 3. The van der Waals surface area contributed by atoms with Crippen LogP contribution in [0.15, 0.2) is 29.2 Å². The van der Waals surface area contributed by atoms with Gasteiger partial charge in [-0.3, -0.25) is 9.80 Å². The highest BCUT2D eigenvalue weighted by atomic mass is 32.2. The SMILES string of the molecule is NS(=O)(=O)c1ccc(CNc2nc(NCCN3CCNCC3)nc(NCCN3CCNCC3)n2)cc1. The number of nitrogens with one attached hydrogen (secondary N) is 5.